The highest BCUT2D eigenvalue weighted by Gasteiger charge is 2.21. The van der Waals surface area contributed by atoms with Crippen molar-refractivity contribution in [3.05, 3.63) is 63.7 Å². The van der Waals surface area contributed by atoms with Gasteiger partial charge in [-0.25, -0.2) is 9.67 Å². The molecule has 6 heteroatoms. The van der Waals surface area contributed by atoms with Crippen LogP contribution in [-0.4, -0.2) is 24.1 Å². The summed E-state index contributed by atoms with van der Waals surface area (Å²) in [5, 5.41) is 5.52. The Morgan fingerprint density at radius 2 is 1.69 bits per heavy atom. The highest BCUT2D eigenvalue weighted by atomic mass is 16.1. The van der Waals surface area contributed by atoms with E-state index in [1.54, 1.807) is 9.36 Å². The third-order valence-electron chi connectivity index (χ3n) is 4.98. The lowest BCUT2D eigenvalue weighted by Gasteiger charge is -2.07. The zero-order valence-corrected chi connectivity index (χ0v) is 15.6. The Kier molecular flexibility index (Phi) is 3.57. The first-order valence-electron chi connectivity index (χ1n) is 8.55. The maximum atomic E-state index is 13.2. The number of hydrogen-bond donors (Lipinski definition) is 0. The minimum absolute atomic E-state index is 0.0682. The maximum Gasteiger partial charge on any atom is 0.281 e. The molecule has 0 aliphatic carbocycles. The van der Waals surface area contributed by atoms with Gasteiger partial charge < -0.3 is 0 Å². The van der Waals surface area contributed by atoms with E-state index >= 15 is 0 Å². The van der Waals surface area contributed by atoms with E-state index in [0.717, 1.165) is 33.7 Å². The van der Waals surface area contributed by atoms with Gasteiger partial charge in [-0.05, 0) is 44.5 Å². The van der Waals surface area contributed by atoms with Gasteiger partial charge in [0, 0.05) is 25.2 Å². The first-order chi connectivity index (χ1) is 12.4. The molecule has 0 atom stereocenters. The van der Waals surface area contributed by atoms with Gasteiger partial charge in [0.1, 0.15) is 0 Å². The van der Waals surface area contributed by atoms with Crippen LogP contribution in [0.25, 0.3) is 28.0 Å². The molecule has 0 fully saturated rings. The molecule has 132 valence electrons. The normalized spacial score (nSPS) is 11.4. The van der Waals surface area contributed by atoms with Crippen LogP contribution in [0.5, 0.6) is 0 Å². The van der Waals surface area contributed by atoms with E-state index in [1.165, 1.54) is 0 Å². The van der Waals surface area contributed by atoms with Crippen molar-refractivity contribution in [2.75, 3.05) is 0 Å². The number of aryl methyl sites for hydroxylation is 3. The van der Waals surface area contributed by atoms with Crippen LogP contribution in [0.3, 0.4) is 0 Å². The highest BCUT2D eigenvalue weighted by molar-refractivity contribution is 5.85. The van der Waals surface area contributed by atoms with E-state index in [-0.39, 0.29) is 5.56 Å². The quantitative estimate of drug-likeness (QED) is 0.560. The lowest BCUT2D eigenvalue weighted by molar-refractivity contribution is 0.630. The second kappa shape index (κ2) is 5.69. The molecule has 3 heterocycles. The van der Waals surface area contributed by atoms with Crippen molar-refractivity contribution in [1.82, 2.24) is 24.1 Å². The SMILES string of the molecule is Cc1cc(-c2c(C)n(C)n(-c3ccccc3)c2=O)nc2c1c(C)nn2C. The van der Waals surface area contributed by atoms with Crippen LogP contribution in [0.2, 0.25) is 0 Å². The van der Waals surface area contributed by atoms with Crippen molar-refractivity contribution in [3.8, 4) is 16.9 Å². The van der Waals surface area contributed by atoms with Crippen LogP contribution in [0, 0.1) is 20.8 Å². The van der Waals surface area contributed by atoms with Crippen molar-refractivity contribution in [3.63, 3.8) is 0 Å². The van der Waals surface area contributed by atoms with Gasteiger partial charge in [-0.2, -0.15) is 5.10 Å². The van der Waals surface area contributed by atoms with Gasteiger partial charge in [0.2, 0.25) is 0 Å². The summed E-state index contributed by atoms with van der Waals surface area (Å²) in [5.41, 5.74) is 5.78. The first kappa shape index (κ1) is 16.3. The third kappa shape index (κ3) is 2.22. The number of aromatic nitrogens is 5. The molecule has 26 heavy (non-hydrogen) atoms. The van der Waals surface area contributed by atoms with Gasteiger partial charge in [-0.3, -0.25) is 14.2 Å². The molecular weight excluding hydrogens is 326 g/mol. The molecule has 0 N–H and O–H groups in total. The largest absolute Gasteiger partial charge is 0.285 e. The predicted molar refractivity (Wildman–Crippen MR) is 103 cm³/mol. The molecule has 0 aliphatic heterocycles. The number of pyridine rings is 1. The first-order valence-corrected chi connectivity index (χ1v) is 8.55. The van der Waals surface area contributed by atoms with Gasteiger partial charge in [0.05, 0.1) is 22.6 Å². The van der Waals surface area contributed by atoms with Crippen molar-refractivity contribution >= 4 is 11.0 Å². The van der Waals surface area contributed by atoms with E-state index < -0.39 is 0 Å². The molecule has 0 aliphatic rings. The molecule has 0 radical (unpaired) electrons. The van der Waals surface area contributed by atoms with E-state index in [9.17, 15) is 4.79 Å². The smallest absolute Gasteiger partial charge is 0.281 e. The Morgan fingerprint density at radius 3 is 2.38 bits per heavy atom. The minimum atomic E-state index is -0.0682. The van der Waals surface area contributed by atoms with Gasteiger partial charge in [0.15, 0.2) is 5.65 Å². The second-order valence-corrected chi connectivity index (χ2v) is 6.67. The zero-order chi connectivity index (χ0) is 18.6. The van der Waals surface area contributed by atoms with E-state index in [1.807, 2.05) is 75.9 Å². The molecule has 4 aromatic rings. The van der Waals surface area contributed by atoms with E-state index in [0.29, 0.717) is 11.3 Å². The van der Waals surface area contributed by atoms with Gasteiger partial charge in [0.25, 0.3) is 5.56 Å². The fourth-order valence-corrected chi connectivity index (χ4v) is 3.65. The lowest BCUT2D eigenvalue weighted by Crippen LogP contribution is -2.20. The average Bonchev–Trinajstić information content (AvgIpc) is 3.02. The number of fused-ring (bicyclic) bond motifs is 1. The van der Waals surface area contributed by atoms with Crippen LogP contribution in [-0.2, 0) is 14.1 Å². The molecular formula is C20H21N5O. The monoisotopic (exact) mass is 347 g/mol. The van der Waals surface area contributed by atoms with Crippen LogP contribution in [0.1, 0.15) is 17.0 Å². The lowest BCUT2D eigenvalue weighted by atomic mass is 10.1. The second-order valence-electron chi connectivity index (χ2n) is 6.67. The summed E-state index contributed by atoms with van der Waals surface area (Å²) in [6.45, 7) is 5.97. The molecule has 0 unspecified atom stereocenters. The van der Waals surface area contributed by atoms with Crippen molar-refractivity contribution in [2.45, 2.75) is 20.8 Å². The molecule has 0 saturated carbocycles. The molecule has 0 bridgehead atoms. The maximum absolute atomic E-state index is 13.2. The summed E-state index contributed by atoms with van der Waals surface area (Å²) < 4.78 is 5.33. The average molecular weight is 347 g/mol. The van der Waals surface area contributed by atoms with Crippen molar-refractivity contribution in [1.29, 1.82) is 0 Å². The predicted octanol–water partition coefficient (Wildman–Crippen LogP) is 3.05. The fraction of sp³-hybridized carbons (Fsp3) is 0.250. The molecule has 0 amide bonds. The standard InChI is InChI=1S/C20H21N5O/c1-12-11-16(21-19-17(12)13(2)22-23(19)4)18-14(3)24(5)25(20(18)26)15-9-7-6-8-10-15/h6-11H,1-5H3. The Bertz CT molecular complexity index is 1190. The molecule has 4 rings (SSSR count). The Labute approximate surface area is 151 Å². The van der Waals surface area contributed by atoms with E-state index in [4.69, 9.17) is 4.98 Å². The Morgan fingerprint density at radius 1 is 1.00 bits per heavy atom. The van der Waals surface area contributed by atoms with Gasteiger partial charge in [-0.1, -0.05) is 18.2 Å². The highest BCUT2D eigenvalue weighted by Crippen LogP contribution is 2.27. The summed E-state index contributed by atoms with van der Waals surface area (Å²) >= 11 is 0. The number of nitrogens with zero attached hydrogens (tertiary/aromatic N) is 5. The third-order valence-corrected chi connectivity index (χ3v) is 4.98. The Balaban J connectivity index is 2.02. The topological polar surface area (TPSA) is 57.6 Å². The summed E-state index contributed by atoms with van der Waals surface area (Å²) in [7, 11) is 3.78. The minimum Gasteiger partial charge on any atom is -0.285 e. The summed E-state index contributed by atoms with van der Waals surface area (Å²) in [6.07, 6.45) is 0. The number of hydrogen-bond acceptors (Lipinski definition) is 3. The summed E-state index contributed by atoms with van der Waals surface area (Å²) in [4.78, 5) is 18.0. The molecule has 6 nitrogen and oxygen atoms in total. The molecule has 0 saturated heterocycles. The van der Waals surface area contributed by atoms with Gasteiger partial charge >= 0.3 is 0 Å². The van der Waals surface area contributed by atoms with Crippen LogP contribution in [0.4, 0.5) is 0 Å². The molecule has 1 aromatic carbocycles. The van der Waals surface area contributed by atoms with Crippen molar-refractivity contribution in [2.24, 2.45) is 14.1 Å². The van der Waals surface area contributed by atoms with Crippen LogP contribution in [0.15, 0.2) is 41.2 Å². The fourth-order valence-electron chi connectivity index (χ4n) is 3.65. The Hall–Kier alpha value is -3.15. The van der Waals surface area contributed by atoms with Crippen molar-refractivity contribution < 1.29 is 0 Å². The van der Waals surface area contributed by atoms with Gasteiger partial charge in [-0.15, -0.1) is 0 Å². The van der Waals surface area contributed by atoms with Crippen LogP contribution >= 0.6 is 0 Å². The van der Waals surface area contributed by atoms with E-state index in [2.05, 4.69) is 5.10 Å². The summed E-state index contributed by atoms with van der Waals surface area (Å²) in [6, 6.07) is 11.6. The van der Waals surface area contributed by atoms with Crippen LogP contribution < -0.4 is 5.56 Å². The molecule has 0 spiro atoms. The molecule has 3 aromatic heterocycles. The number of para-hydroxylation sites is 1. The summed E-state index contributed by atoms with van der Waals surface area (Å²) in [5.74, 6) is 0. The number of rotatable bonds is 2. The number of benzene rings is 1. The zero-order valence-electron chi connectivity index (χ0n) is 15.6.